The summed E-state index contributed by atoms with van der Waals surface area (Å²) in [5.41, 5.74) is 12.0. The summed E-state index contributed by atoms with van der Waals surface area (Å²) in [5.74, 6) is 0. The number of nitrogens with zero attached hydrogens (tertiary/aromatic N) is 2. The van der Waals surface area contributed by atoms with Gasteiger partial charge in [0.05, 0.1) is 12.1 Å². The second-order valence-electron chi connectivity index (χ2n) is 7.86. The summed E-state index contributed by atoms with van der Waals surface area (Å²) in [4.78, 5) is 0. The van der Waals surface area contributed by atoms with E-state index in [0.29, 0.717) is 0 Å². The van der Waals surface area contributed by atoms with E-state index in [-0.39, 0.29) is 5.66 Å². The van der Waals surface area contributed by atoms with Crippen molar-refractivity contribution < 1.29 is 9.14 Å². The van der Waals surface area contributed by atoms with Crippen molar-refractivity contribution in [3.8, 4) is 0 Å². The summed E-state index contributed by atoms with van der Waals surface area (Å²) in [6.07, 6.45) is 6.60. The third-order valence-corrected chi connectivity index (χ3v) is 6.58. The van der Waals surface area contributed by atoms with Crippen LogP contribution in [0.15, 0.2) is 66.9 Å². The average molecular weight is 333 g/mol. The van der Waals surface area contributed by atoms with Gasteiger partial charge in [-0.15, -0.1) is 10.6 Å². The molecule has 0 N–H and O–H groups in total. The zero-order chi connectivity index (χ0) is 17.0. The molecule has 1 atom stereocenters. The third-order valence-electron chi connectivity index (χ3n) is 6.58. The zero-order valence-electron chi connectivity index (χ0n) is 14.4. The quantitative estimate of drug-likeness (QED) is 0.441. The normalized spacial score (nSPS) is 22.6. The minimum absolute atomic E-state index is 0.324. The van der Waals surface area contributed by atoms with E-state index >= 15 is 0 Å². The highest BCUT2D eigenvalue weighted by atomic mass is 15.4. The molecule has 2 aromatic carbocycles. The van der Waals surface area contributed by atoms with Gasteiger partial charge in [-0.05, 0) is 34.7 Å². The molecule has 1 aliphatic carbocycles. The Balaban J connectivity index is 1.79. The summed E-state index contributed by atoms with van der Waals surface area (Å²) in [5, 5.41) is 0. The highest BCUT2D eigenvalue weighted by Crippen LogP contribution is 2.50. The van der Waals surface area contributed by atoms with Gasteiger partial charge in [-0.2, -0.15) is 0 Å². The van der Waals surface area contributed by atoms with Gasteiger partial charge in [-0.25, -0.2) is 4.58 Å². The molecule has 1 spiro atoms. The largest absolute Gasteiger partial charge is 0.395 e. The molecule has 3 aromatic rings. The first-order valence-corrected chi connectivity index (χ1v) is 9.30. The molecule has 2 heteroatoms. The standard InChI is InChI=1S/C24H17N2/c1-15-11-16-5-2-6-17-12-18-7-3-8-19-13-20-9-4-10-21-14-25(15)24(22(16)17,23(18)19)26(20)21/h2-10H,1,11-13H2/q+1. The number of hydrogen-bond acceptors (Lipinski definition) is 0. The topological polar surface area (TPSA) is 6.89 Å². The average Bonchev–Trinajstić information content (AvgIpc) is 3.00. The van der Waals surface area contributed by atoms with E-state index in [9.17, 15) is 0 Å². The van der Waals surface area contributed by atoms with Crippen molar-refractivity contribution in [2.75, 3.05) is 0 Å². The minimum Gasteiger partial charge on any atom is -0.230 e. The first-order valence-electron chi connectivity index (χ1n) is 9.30. The molecule has 0 saturated carbocycles. The van der Waals surface area contributed by atoms with Crippen LogP contribution in [0.4, 0.5) is 0 Å². The molecule has 0 bridgehead atoms. The van der Waals surface area contributed by atoms with Crippen LogP contribution < -0.4 is 4.57 Å². The predicted molar refractivity (Wildman–Crippen MR) is 98.5 cm³/mol. The molecule has 122 valence electrons. The van der Waals surface area contributed by atoms with Gasteiger partial charge in [-0.3, -0.25) is 0 Å². The van der Waals surface area contributed by atoms with Gasteiger partial charge < -0.3 is 0 Å². The van der Waals surface area contributed by atoms with E-state index < -0.39 is 0 Å². The molecule has 0 amide bonds. The van der Waals surface area contributed by atoms with Gasteiger partial charge >= 0.3 is 5.66 Å². The first kappa shape index (κ1) is 13.2. The van der Waals surface area contributed by atoms with E-state index in [1.807, 2.05) is 0 Å². The third kappa shape index (κ3) is 1.22. The summed E-state index contributed by atoms with van der Waals surface area (Å²) in [7, 11) is 0. The van der Waals surface area contributed by atoms with Crippen LogP contribution in [0.25, 0.3) is 0 Å². The first-order chi connectivity index (χ1) is 12.8. The van der Waals surface area contributed by atoms with Crippen LogP contribution in [-0.2, 0) is 24.9 Å². The Morgan fingerprint density at radius 2 is 1.38 bits per heavy atom. The van der Waals surface area contributed by atoms with Crippen molar-refractivity contribution in [3.63, 3.8) is 0 Å². The van der Waals surface area contributed by atoms with Gasteiger partial charge in [0.2, 0.25) is 0 Å². The van der Waals surface area contributed by atoms with Crippen molar-refractivity contribution in [1.29, 1.82) is 0 Å². The number of benzene rings is 2. The fourth-order valence-corrected chi connectivity index (χ4v) is 5.83. The van der Waals surface area contributed by atoms with Gasteiger partial charge in [0, 0.05) is 6.42 Å². The van der Waals surface area contributed by atoms with Crippen LogP contribution in [0, 0.1) is 0 Å². The fraction of sp³-hybridized carbons (Fsp3) is 0.167. The van der Waals surface area contributed by atoms with Crippen molar-refractivity contribution in [2.24, 2.45) is 0 Å². The molecule has 2 nitrogen and oxygen atoms in total. The van der Waals surface area contributed by atoms with E-state index in [0.717, 1.165) is 30.7 Å². The highest BCUT2D eigenvalue weighted by molar-refractivity contribution is 5.74. The molecule has 0 fully saturated rings. The second-order valence-corrected chi connectivity index (χ2v) is 7.86. The van der Waals surface area contributed by atoms with Crippen molar-refractivity contribution in [3.05, 3.63) is 112 Å². The Morgan fingerprint density at radius 3 is 2.12 bits per heavy atom. The molecule has 0 saturated heterocycles. The van der Waals surface area contributed by atoms with Gasteiger partial charge in [0.15, 0.2) is 17.6 Å². The van der Waals surface area contributed by atoms with E-state index in [2.05, 4.69) is 76.5 Å². The van der Waals surface area contributed by atoms with Gasteiger partial charge in [0.25, 0.3) is 0 Å². The molecule has 1 unspecified atom stereocenters. The number of rotatable bonds is 0. The van der Waals surface area contributed by atoms with Crippen LogP contribution >= 0.6 is 0 Å². The highest BCUT2D eigenvalue weighted by Gasteiger charge is 2.66. The van der Waals surface area contributed by atoms with Crippen LogP contribution in [0.2, 0.25) is 0 Å². The Labute approximate surface area is 152 Å². The number of pyridine rings is 1. The fourth-order valence-electron chi connectivity index (χ4n) is 5.83. The van der Waals surface area contributed by atoms with Crippen molar-refractivity contribution >= 4 is 6.21 Å². The maximum atomic E-state index is 4.46. The van der Waals surface area contributed by atoms with Crippen LogP contribution in [-0.4, -0.2) is 10.8 Å². The number of hydrogen-bond donors (Lipinski definition) is 0. The van der Waals surface area contributed by atoms with Gasteiger partial charge in [-0.1, -0.05) is 49.0 Å². The number of allylic oxidation sites excluding steroid dienone is 1. The Bertz CT molecular complexity index is 1220. The lowest BCUT2D eigenvalue weighted by Crippen LogP contribution is -2.68. The Kier molecular flexibility index (Phi) is 2.06. The summed E-state index contributed by atoms with van der Waals surface area (Å²) in [6, 6.07) is 20.3. The monoisotopic (exact) mass is 333 g/mol. The van der Waals surface area contributed by atoms with E-state index in [1.54, 1.807) is 0 Å². The maximum Gasteiger partial charge on any atom is 0.395 e. The lowest BCUT2D eigenvalue weighted by atomic mass is 9.69. The van der Waals surface area contributed by atoms with Crippen LogP contribution in [0.5, 0.6) is 0 Å². The van der Waals surface area contributed by atoms with Gasteiger partial charge in [0.1, 0.15) is 11.1 Å². The summed E-state index contributed by atoms with van der Waals surface area (Å²) >= 11 is 0. The lowest BCUT2D eigenvalue weighted by molar-refractivity contribution is -0.886. The second kappa shape index (κ2) is 4.04. The smallest absolute Gasteiger partial charge is 0.230 e. The molecular formula is C24H17N2+. The van der Waals surface area contributed by atoms with Crippen molar-refractivity contribution in [1.82, 2.24) is 0 Å². The Morgan fingerprint density at radius 1 is 0.769 bits per heavy atom. The van der Waals surface area contributed by atoms with E-state index in [1.165, 1.54) is 39.1 Å². The molecule has 4 aliphatic rings. The predicted octanol–water partition coefficient (Wildman–Crippen LogP) is 2.92. The molecule has 3 aliphatic heterocycles. The molecule has 26 heavy (non-hydrogen) atoms. The number of aromatic nitrogens is 1. The summed E-state index contributed by atoms with van der Waals surface area (Å²) < 4.78 is 4.88. The lowest BCUT2D eigenvalue weighted by Gasteiger charge is -2.41. The molecular weight excluding hydrogens is 316 g/mol. The van der Waals surface area contributed by atoms with Crippen molar-refractivity contribution in [2.45, 2.75) is 24.9 Å². The summed E-state index contributed by atoms with van der Waals surface area (Å²) in [6.45, 7) is 4.46. The van der Waals surface area contributed by atoms with E-state index in [4.69, 9.17) is 0 Å². The molecule has 7 rings (SSSR count). The maximum absolute atomic E-state index is 4.46. The minimum atomic E-state index is -0.324. The molecule has 1 aromatic heterocycles. The SMILES string of the molecule is C=C1Cc2cccc3c2C24c5c(cccc5Cc5cccc([n+]52)[C-]=[N+]14)C3. The molecule has 0 radical (unpaired) electrons. The Hall–Kier alpha value is -3.00. The zero-order valence-corrected chi connectivity index (χ0v) is 14.4. The van der Waals surface area contributed by atoms with Crippen LogP contribution in [0.1, 0.15) is 44.8 Å². The molecule has 4 heterocycles. The van der Waals surface area contributed by atoms with Crippen LogP contribution in [0.3, 0.4) is 0 Å².